The predicted molar refractivity (Wildman–Crippen MR) is 41.2 cm³/mol. The monoisotopic (exact) mass is 155 g/mol. The van der Waals surface area contributed by atoms with Gasteiger partial charge in [-0.05, 0) is 0 Å². The van der Waals surface area contributed by atoms with Crippen molar-refractivity contribution in [2.75, 3.05) is 0 Å². The molecule has 0 bridgehead atoms. The maximum atomic E-state index is 10.4. The third-order valence-electron chi connectivity index (χ3n) is 1.19. The second-order valence-electron chi connectivity index (χ2n) is 2.46. The molecule has 1 unspecified atom stereocenters. The molecule has 0 heterocycles. The number of hydrogen-bond acceptors (Lipinski definition) is 3. The van der Waals surface area contributed by atoms with Crippen LogP contribution >= 0.6 is 0 Å². The van der Waals surface area contributed by atoms with E-state index < -0.39 is 12.0 Å². The summed E-state index contributed by atoms with van der Waals surface area (Å²) >= 11 is 0. The van der Waals surface area contributed by atoms with Crippen LogP contribution in [-0.2, 0) is 9.50 Å². The Morgan fingerprint density at radius 3 is 2.45 bits per heavy atom. The van der Waals surface area contributed by atoms with Crippen LogP contribution in [-0.4, -0.2) is 30.4 Å². The predicted octanol–water partition coefficient (Wildman–Crippen LogP) is 0.174. The van der Waals surface area contributed by atoms with Crippen LogP contribution in [0.15, 0.2) is 4.99 Å². The normalized spacial score (nSPS) is 13.4. The molecule has 0 radical (unpaired) electrons. The number of carbonyl (C=O) groups is 1. The topological polar surface area (TPSA) is 66.7 Å². The summed E-state index contributed by atoms with van der Waals surface area (Å²) in [6, 6.07) is -0.805. The molecule has 4 nitrogen and oxygen atoms in total. The SMILES string of the molecule is CC(C)C(N=CB=O)C(=O)O. The van der Waals surface area contributed by atoms with Gasteiger partial charge in [-0.25, -0.2) is 0 Å². The number of aliphatic imine (C=N–C) groups is 1. The molecule has 0 aliphatic rings. The first-order valence-electron chi connectivity index (χ1n) is 3.29. The summed E-state index contributed by atoms with van der Waals surface area (Å²) in [6.07, 6.45) is 0.971. The number of aliphatic carboxylic acids is 1. The maximum absolute atomic E-state index is 10.4. The van der Waals surface area contributed by atoms with Gasteiger partial charge >= 0.3 is 64.6 Å². The van der Waals surface area contributed by atoms with Crippen LogP contribution in [0.4, 0.5) is 0 Å². The average molecular weight is 155 g/mol. The molecule has 0 spiro atoms. The minimum absolute atomic E-state index is 0.0938. The van der Waals surface area contributed by atoms with E-state index in [9.17, 15) is 9.50 Å². The van der Waals surface area contributed by atoms with Gasteiger partial charge in [0, 0.05) is 0 Å². The molecule has 0 saturated carbocycles. The summed E-state index contributed by atoms with van der Waals surface area (Å²) in [4.78, 5) is 14.0. The average Bonchev–Trinajstić information content (AvgIpc) is 1.87. The van der Waals surface area contributed by atoms with Gasteiger partial charge in [-0.15, -0.1) is 0 Å². The van der Waals surface area contributed by atoms with Crippen LogP contribution < -0.4 is 0 Å². The molecule has 0 rings (SSSR count). The Morgan fingerprint density at radius 2 is 2.18 bits per heavy atom. The molecule has 5 heteroatoms. The van der Waals surface area contributed by atoms with Crippen molar-refractivity contribution >= 4 is 19.2 Å². The molecular formula is C6H10BNO3. The van der Waals surface area contributed by atoms with Gasteiger partial charge in [0.15, 0.2) is 0 Å². The van der Waals surface area contributed by atoms with E-state index in [1.807, 2.05) is 0 Å². The van der Waals surface area contributed by atoms with Crippen LogP contribution in [0.1, 0.15) is 13.8 Å². The van der Waals surface area contributed by atoms with Crippen LogP contribution in [0.2, 0.25) is 0 Å². The second-order valence-corrected chi connectivity index (χ2v) is 2.46. The molecule has 1 N–H and O–H groups in total. The first-order valence-corrected chi connectivity index (χ1v) is 3.29. The van der Waals surface area contributed by atoms with Crippen molar-refractivity contribution in [1.82, 2.24) is 0 Å². The molecule has 0 aliphatic heterocycles. The van der Waals surface area contributed by atoms with Gasteiger partial charge in [0.05, 0.1) is 0 Å². The van der Waals surface area contributed by atoms with Gasteiger partial charge in [0.25, 0.3) is 0 Å². The van der Waals surface area contributed by atoms with Crippen molar-refractivity contribution in [3.05, 3.63) is 0 Å². The summed E-state index contributed by atoms with van der Waals surface area (Å²) in [7, 11) is 0.471. The van der Waals surface area contributed by atoms with Crippen LogP contribution in [0.3, 0.4) is 0 Å². The van der Waals surface area contributed by atoms with Gasteiger partial charge < -0.3 is 0 Å². The molecule has 0 aromatic heterocycles. The molecule has 60 valence electrons. The van der Waals surface area contributed by atoms with Crippen molar-refractivity contribution in [2.45, 2.75) is 19.9 Å². The molecule has 0 aromatic rings. The number of rotatable bonds is 4. The van der Waals surface area contributed by atoms with E-state index in [1.54, 1.807) is 13.8 Å². The summed E-state index contributed by atoms with van der Waals surface area (Å²) in [5.41, 5.74) is 0. The van der Waals surface area contributed by atoms with Gasteiger partial charge in [-0.2, -0.15) is 0 Å². The number of carboxylic acid groups (broad SMARTS) is 1. The Bertz CT molecular complexity index is 179. The van der Waals surface area contributed by atoms with Crippen molar-refractivity contribution in [3.8, 4) is 0 Å². The third kappa shape index (κ3) is 3.65. The van der Waals surface area contributed by atoms with Gasteiger partial charge in [0.1, 0.15) is 0 Å². The van der Waals surface area contributed by atoms with Crippen molar-refractivity contribution < 1.29 is 14.6 Å². The third-order valence-corrected chi connectivity index (χ3v) is 1.19. The molecule has 11 heavy (non-hydrogen) atoms. The van der Waals surface area contributed by atoms with Gasteiger partial charge in [-0.1, -0.05) is 0 Å². The van der Waals surface area contributed by atoms with E-state index in [-0.39, 0.29) is 5.92 Å². The fraction of sp³-hybridized carbons (Fsp3) is 0.667. The van der Waals surface area contributed by atoms with E-state index in [4.69, 9.17) is 5.11 Å². The molecular weight excluding hydrogens is 145 g/mol. The molecule has 0 saturated heterocycles. The fourth-order valence-corrected chi connectivity index (χ4v) is 0.649. The molecule has 0 aliphatic carbocycles. The zero-order valence-corrected chi connectivity index (χ0v) is 6.52. The first kappa shape index (κ1) is 10.0. The Morgan fingerprint density at radius 1 is 1.64 bits per heavy atom. The number of nitrogens with zero attached hydrogens (tertiary/aromatic N) is 1. The van der Waals surface area contributed by atoms with E-state index >= 15 is 0 Å². The Balaban J connectivity index is 4.22. The van der Waals surface area contributed by atoms with Gasteiger partial charge in [-0.3, -0.25) is 0 Å². The van der Waals surface area contributed by atoms with Crippen LogP contribution in [0, 0.1) is 5.92 Å². The zero-order chi connectivity index (χ0) is 8.85. The molecule has 0 amide bonds. The Kier molecular flexibility index (Phi) is 4.33. The molecule has 0 aromatic carbocycles. The summed E-state index contributed by atoms with van der Waals surface area (Å²) in [6.45, 7) is 3.47. The van der Waals surface area contributed by atoms with Gasteiger partial charge in [0.2, 0.25) is 0 Å². The van der Waals surface area contributed by atoms with E-state index in [0.29, 0.717) is 7.15 Å². The van der Waals surface area contributed by atoms with Crippen LogP contribution in [0.5, 0.6) is 0 Å². The Hall–Kier alpha value is -0.995. The fourth-order valence-electron chi connectivity index (χ4n) is 0.649. The quantitative estimate of drug-likeness (QED) is 0.464. The van der Waals surface area contributed by atoms with Crippen molar-refractivity contribution in [2.24, 2.45) is 10.9 Å². The molecule has 1 atom stereocenters. The molecule has 0 fully saturated rings. The van der Waals surface area contributed by atoms with E-state index in [1.165, 1.54) is 0 Å². The summed E-state index contributed by atoms with van der Waals surface area (Å²) in [5.74, 6) is -1.10. The van der Waals surface area contributed by atoms with E-state index in [0.717, 1.165) is 6.11 Å². The zero-order valence-electron chi connectivity index (χ0n) is 6.52. The first-order chi connectivity index (χ1) is 5.09. The number of carboxylic acids is 1. The standard InChI is InChI=1S/C6H10BNO3/c1-4(2)5(6(9)10)8-3-7-11/h3-5H,1-2H3,(H,9,10). The Labute approximate surface area is 65.6 Å². The minimum atomic E-state index is -1.00. The van der Waals surface area contributed by atoms with Crippen molar-refractivity contribution in [3.63, 3.8) is 0 Å². The summed E-state index contributed by atoms with van der Waals surface area (Å²) in [5, 5.41) is 8.54. The number of hydrogen-bond donors (Lipinski definition) is 1. The van der Waals surface area contributed by atoms with Crippen molar-refractivity contribution in [1.29, 1.82) is 0 Å². The van der Waals surface area contributed by atoms with E-state index in [2.05, 4.69) is 4.99 Å². The summed E-state index contributed by atoms with van der Waals surface area (Å²) < 4.78 is 9.81. The van der Waals surface area contributed by atoms with Crippen LogP contribution in [0.25, 0.3) is 0 Å². The second kappa shape index (κ2) is 4.76.